The van der Waals surface area contributed by atoms with Crippen LogP contribution in [0.2, 0.25) is 5.04 Å². The highest BCUT2D eigenvalue weighted by Gasteiger charge is 2.53. The van der Waals surface area contributed by atoms with Crippen LogP contribution in [0.1, 0.15) is 36.7 Å². The first kappa shape index (κ1) is 32.8. The van der Waals surface area contributed by atoms with Crippen LogP contribution in [0.15, 0.2) is 121 Å². The van der Waals surface area contributed by atoms with E-state index in [1.165, 1.54) is 0 Å². The van der Waals surface area contributed by atoms with Crippen molar-refractivity contribution in [1.29, 1.82) is 0 Å². The maximum absolute atomic E-state index is 13.1. The van der Waals surface area contributed by atoms with Gasteiger partial charge in [0, 0.05) is 0 Å². The van der Waals surface area contributed by atoms with Gasteiger partial charge in [-0.15, -0.1) is 0 Å². The van der Waals surface area contributed by atoms with Gasteiger partial charge in [0.05, 0.1) is 25.4 Å². The van der Waals surface area contributed by atoms with Gasteiger partial charge in [-0.05, 0) is 33.1 Å². The van der Waals surface area contributed by atoms with Gasteiger partial charge in [0.1, 0.15) is 24.4 Å². The van der Waals surface area contributed by atoms with Crippen molar-refractivity contribution in [1.82, 2.24) is 0 Å². The maximum Gasteiger partial charge on any atom is 0.338 e. The fraction of sp³-hybridized carbons (Fsp3) is 0.324. The molecule has 236 valence electrons. The Labute approximate surface area is 266 Å². The standard InChI is InChI=1S/C37H42O7Si/c1-37(2,3)45(29-20-12-6-13-21-29,30-22-14-7-15-23-30)42-26-32-34(39)35(44-36(40)28-18-10-5-11-19-28)33(38)31(43-32)25-41-24-27-16-8-4-9-17-27/h4-23,31-35,38-39H,24-26H2,1-3H3/t31-,32+,33-,34+,35+/m1/s1. The predicted molar refractivity (Wildman–Crippen MR) is 176 cm³/mol. The lowest BCUT2D eigenvalue weighted by molar-refractivity contribution is -0.238. The van der Waals surface area contributed by atoms with Crippen molar-refractivity contribution >= 4 is 24.7 Å². The second-order valence-corrected chi connectivity index (χ2v) is 16.7. The van der Waals surface area contributed by atoms with E-state index in [0.717, 1.165) is 15.9 Å². The molecule has 1 aliphatic rings. The SMILES string of the molecule is CC(C)(C)[Si](OC[C@@H]1O[C@H](COCc2ccccc2)[C@@H](O)[C@H](OC(=O)c2ccccc2)[C@H]1O)(c1ccccc1)c1ccccc1. The van der Waals surface area contributed by atoms with Crippen LogP contribution in [0, 0.1) is 0 Å². The zero-order chi connectivity index (χ0) is 31.9. The summed E-state index contributed by atoms with van der Waals surface area (Å²) in [6, 6.07) is 38.6. The van der Waals surface area contributed by atoms with E-state index < -0.39 is 44.8 Å². The topological polar surface area (TPSA) is 94.5 Å². The van der Waals surface area contributed by atoms with Crippen LogP contribution < -0.4 is 10.4 Å². The third kappa shape index (κ3) is 7.44. The zero-order valence-electron chi connectivity index (χ0n) is 26.0. The predicted octanol–water partition coefficient (Wildman–Crippen LogP) is 4.49. The van der Waals surface area contributed by atoms with E-state index in [1.54, 1.807) is 30.3 Å². The molecule has 0 aliphatic carbocycles. The lowest BCUT2D eigenvalue weighted by Crippen LogP contribution is -2.68. The minimum absolute atomic E-state index is 0.00966. The van der Waals surface area contributed by atoms with Gasteiger partial charge in [-0.1, -0.05) is 130 Å². The monoisotopic (exact) mass is 626 g/mol. The Balaban J connectivity index is 1.43. The molecule has 0 bridgehead atoms. The highest BCUT2D eigenvalue weighted by molar-refractivity contribution is 6.99. The van der Waals surface area contributed by atoms with Gasteiger partial charge >= 0.3 is 5.97 Å². The summed E-state index contributed by atoms with van der Waals surface area (Å²) >= 11 is 0. The second kappa shape index (κ2) is 14.6. The molecule has 4 aromatic rings. The molecule has 0 amide bonds. The van der Waals surface area contributed by atoms with Crippen molar-refractivity contribution in [3.63, 3.8) is 0 Å². The number of aliphatic hydroxyl groups excluding tert-OH is 2. The molecule has 45 heavy (non-hydrogen) atoms. The van der Waals surface area contributed by atoms with E-state index in [0.29, 0.717) is 12.2 Å². The van der Waals surface area contributed by atoms with Crippen molar-refractivity contribution in [2.24, 2.45) is 0 Å². The van der Waals surface area contributed by atoms with Crippen molar-refractivity contribution in [2.45, 2.75) is 62.9 Å². The van der Waals surface area contributed by atoms with Crippen LogP contribution in [0.25, 0.3) is 0 Å². The smallest absolute Gasteiger partial charge is 0.338 e. The van der Waals surface area contributed by atoms with Gasteiger partial charge in [0.25, 0.3) is 8.32 Å². The third-order valence-corrected chi connectivity index (χ3v) is 13.3. The number of rotatable bonds is 11. The first-order chi connectivity index (χ1) is 21.7. The summed E-state index contributed by atoms with van der Waals surface area (Å²) in [7, 11) is -2.97. The zero-order valence-corrected chi connectivity index (χ0v) is 27.0. The number of esters is 1. The van der Waals surface area contributed by atoms with Gasteiger partial charge in [-0.3, -0.25) is 0 Å². The maximum atomic E-state index is 13.1. The van der Waals surface area contributed by atoms with Crippen molar-refractivity contribution in [2.75, 3.05) is 13.2 Å². The van der Waals surface area contributed by atoms with E-state index >= 15 is 0 Å². The fourth-order valence-corrected chi connectivity index (χ4v) is 10.6. The number of ether oxygens (including phenoxy) is 3. The first-order valence-electron chi connectivity index (χ1n) is 15.3. The van der Waals surface area contributed by atoms with Crippen molar-refractivity contribution in [3.8, 4) is 0 Å². The molecule has 5 rings (SSSR count). The summed E-state index contributed by atoms with van der Waals surface area (Å²) in [5.41, 5.74) is 1.29. The van der Waals surface area contributed by atoms with E-state index in [4.69, 9.17) is 18.6 Å². The molecular weight excluding hydrogens is 584 g/mol. The van der Waals surface area contributed by atoms with E-state index in [2.05, 4.69) is 45.0 Å². The molecule has 1 fully saturated rings. The normalized spacial score (nSPS) is 22.1. The van der Waals surface area contributed by atoms with E-state index in [1.807, 2.05) is 66.7 Å². The number of benzene rings is 4. The van der Waals surface area contributed by atoms with E-state index in [-0.39, 0.29) is 18.3 Å². The number of carbonyl (C=O) groups excluding carboxylic acids is 1. The summed E-state index contributed by atoms with van der Waals surface area (Å²) in [4.78, 5) is 13.1. The Morgan fingerprint density at radius 1 is 0.711 bits per heavy atom. The average Bonchev–Trinajstić information content (AvgIpc) is 3.06. The summed E-state index contributed by atoms with van der Waals surface area (Å²) in [6.07, 6.45) is -5.72. The lowest BCUT2D eigenvalue weighted by atomic mass is 9.95. The average molecular weight is 627 g/mol. The van der Waals surface area contributed by atoms with Gasteiger partial charge in [-0.2, -0.15) is 0 Å². The Bertz CT molecular complexity index is 1440. The van der Waals surface area contributed by atoms with Crippen LogP contribution in [0.5, 0.6) is 0 Å². The van der Waals surface area contributed by atoms with Gasteiger partial charge in [0.15, 0.2) is 6.10 Å². The largest absolute Gasteiger partial charge is 0.453 e. The number of hydrogen-bond donors (Lipinski definition) is 2. The van der Waals surface area contributed by atoms with Crippen molar-refractivity contribution < 1.29 is 33.6 Å². The molecule has 8 heteroatoms. The van der Waals surface area contributed by atoms with Crippen LogP contribution in [-0.4, -0.2) is 68.2 Å². The van der Waals surface area contributed by atoms with Gasteiger partial charge in [0.2, 0.25) is 0 Å². The second-order valence-electron chi connectivity index (χ2n) is 12.4. The molecule has 2 N–H and O–H groups in total. The molecule has 0 saturated carbocycles. The Kier molecular flexibility index (Phi) is 10.7. The molecule has 1 aliphatic heterocycles. The molecule has 0 aromatic heterocycles. The van der Waals surface area contributed by atoms with E-state index in [9.17, 15) is 15.0 Å². The molecular formula is C37H42O7Si. The highest BCUT2D eigenvalue weighted by Crippen LogP contribution is 2.37. The lowest BCUT2D eigenvalue weighted by Gasteiger charge is -2.46. The Morgan fingerprint density at radius 3 is 1.69 bits per heavy atom. The summed E-state index contributed by atoms with van der Waals surface area (Å²) in [5, 5.41) is 24.8. The highest BCUT2D eigenvalue weighted by atomic mass is 28.4. The van der Waals surface area contributed by atoms with Gasteiger partial charge in [-0.25, -0.2) is 4.79 Å². The van der Waals surface area contributed by atoms with Crippen molar-refractivity contribution in [3.05, 3.63) is 132 Å². The number of hydrogen-bond acceptors (Lipinski definition) is 7. The fourth-order valence-electron chi connectivity index (χ4n) is 6.03. The van der Waals surface area contributed by atoms with Crippen LogP contribution in [-0.2, 0) is 25.2 Å². The Hall–Kier alpha value is -3.63. The molecule has 0 unspecified atom stereocenters. The molecule has 7 nitrogen and oxygen atoms in total. The third-order valence-electron chi connectivity index (χ3n) is 8.31. The Morgan fingerprint density at radius 2 is 1.18 bits per heavy atom. The number of aliphatic hydroxyl groups is 2. The summed E-state index contributed by atoms with van der Waals surface area (Å²) in [5.74, 6) is -0.642. The summed E-state index contributed by atoms with van der Waals surface area (Å²) < 4.78 is 25.1. The first-order valence-corrected chi connectivity index (χ1v) is 17.3. The molecule has 1 heterocycles. The quantitative estimate of drug-likeness (QED) is 0.187. The van der Waals surface area contributed by atoms with Crippen LogP contribution in [0.4, 0.5) is 0 Å². The van der Waals surface area contributed by atoms with Gasteiger partial charge < -0.3 is 28.8 Å². The molecule has 0 radical (unpaired) electrons. The number of carbonyl (C=O) groups is 1. The minimum atomic E-state index is -2.97. The molecule has 1 saturated heterocycles. The van der Waals surface area contributed by atoms with Crippen LogP contribution in [0.3, 0.4) is 0 Å². The molecule has 4 aromatic carbocycles. The molecule has 5 atom stereocenters. The summed E-state index contributed by atoms with van der Waals surface area (Å²) in [6.45, 7) is 6.87. The molecule has 0 spiro atoms. The van der Waals surface area contributed by atoms with Crippen LogP contribution >= 0.6 is 0 Å². The minimum Gasteiger partial charge on any atom is -0.453 e.